The second-order valence-electron chi connectivity index (χ2n) is 3.99. The zero-order valence-corrected chi connectivity index (χ0v) is 9.81. The number of ether oxygens (including phenoxy) is 1. The monoisotopic (exact) mass is 218 g/mol. The molecule has 2 nitrogen and oxygen atoms in total. The molecule has 1 aromatic carbocycles. The predicted molar refractivity (Wildman–Crippen MR) is 65.2 cm³/mol. The first-order valence-electron chi connectivity index (χ1n) is 5.51. The van der Waals surface area contributed by atoms with E-state index < -0.39 is 6.10 Å². The summed E-state index contributed by atoms with van der Waals surface area (Å²) in [6, 6.07) is 7.49. The van der Waals surface area contributed by atoms with Crippen molar-refractivity contribution in [2.45, 2.75) is 38.9 Å². The standard InChI is InChI=1S/C14H18O2/c1-4-5-6-14(15)12-7-9-13(10-8-12)16-11(2)3/h1,7-11,14-15H,5-6H2,2-3H3. The molecule has 1 aromatic rings. The molecular formula is C14H18O2. The van der Waals surface area contributed by atoms with Crippen LogP contribution in [0.1, 0.15) is 38.4 Å². The average molecular weight is 218 g/mol. The molecule has 0 heterocycles. The van der Waals surface area contributed by atoms with Gasteiger partial charge in [-0.05, 0) is 38.0 Å². The first-order chi connectivity index (χ1) is 7.63. The minimum absolute atomic E-state index is 0.164. The molecule has 0 spiro atoms. The van der Waals surface area contributed by atoms with Gasteiger partial charge in [0.15, 0.2) is 0 Å². The molecule has 86 valence electrons. The van der Waals surface area contributed by atoms with Crippen molar-refractivity contribution in [3.05, 3.63) is 29.8 Å². The van der Waals surface area contributed by atoms with Crippen LogP contribution < -0.4 is 4.74 Å². The smallest absolute Gasteiger partial charge is 0.119 e. The maximum atomic E-state index is 9.79. The van der Waals surface area contributed by atoms with E-state index in [9.17, 15) is 5.11 Å². The van der Waals surface area contributed by atoms with Crippen molar-refractivity contribution in [1.29, 1.82) is 0 Å². The molecule has 0 aliphatic rings. The molecule has 0 aromatic heterocycles. The lowest BCUT2D eigenvalue weighted by Gasteiger charge is -2.12. The van der Waals surface area contributed by atoms with Gasteiger partial charge in [0.25, 0.3) is 0 Å². The van der Waals surface area contributed by atoms with Gasteiger partial charge in [-0.15, -0.1) is 12.3 Å². The van der Waals surface area contributed by atoms with Gasteiger partial charge >= 0.3 is 0 Å². The zero-order chi connectivity index (χ0) is 12.0. The van der Waals surface area contributed by atoms with Gasteiger partial charge < -0.3 is 9.84 Å². The molecule has 0 saturated carbocycles. The van der Waals surface area contributed by atoms with Gasteiger partial charge in [-0.2, -0.15) is 0 Å². The predicted octanol–water partition coefficient (Wildman–Crippen LogP) is 2.92. The maximum absolute atomic E-state index is 9.79. The minimum atomic E-state index is -0.482. The van der Waals surface area contributed by atoms with Crippen molar-refractivity contribution < 1.29 is 9.84 Å². The molecule has 1 unspecified atom stereocenters. The van der Waals surface area contributed by atoms with E-state index in [1.54, 1.807) is 0 Å². The van der Waals surface area contributed by atoms with E-state index in [1.165, 1.54) is 0 Å². The highest BCUT2D eigenvalue weighted by Gasteiger charge is 2.06. The molecule has 0 radical (unpaired) electrons. The minimum Gasteiger partial charge on any atom is -0.491 e. The molecule has 0 amide bonds. The van der Waals surface area contributed by atoms with E-state index in [1.807, 2.05) is 38.1 Å². The third-order valence-corrected chi connectivity index (χ3v) is 2.20. The van der Waals surface area contributed by atoms with Gasteiger partial charge in [-0.1, -0.05) is 12.1 Å². The van der Waals surface area contributed by atoms with Crippen molar-refractivity contribution in [1.82, 2.24) is 0 Å². The van der Waals surface area contributed by atoms with Crippen LogP contribution in [-0.2, 0) is 0 Å². The Bertz CT molecular complexity index is 346. The summed E-state index contributed by atoms with van der Waals surface area (Å²) in [6.07, 6.45) is 6.02. The Balaban J connectivity index is 2.60. The summed E-state index contributed by atoms with van der Waals surface area (Å²) in [7, 11) is 0. The van der Waals surface area contributed by atoms with E-state index >= 15 is 0 Å². The summed E-state index contributed by atoms with van der Waals surface area (Å²) in [5.41, 5.74) is 0.881. The Morgan fingerprint density at radius 1 is 1.31 bits per heavy atom. The van der Waals surface area contributed by atoms with Gasteiger partial charge in [-0.25, -0.2) is 0 Å². The largest absolute Gasteiger partial charge is 0.491 e. The number of benzene rings is 1. The number of rotatable bonds is 5. The molecule has 2 heteroatoms. The molecule has 0 fully saturated rings. The van der Waals surface area contributed by atoms with Crippen LogP contribution in [0.2, 0.25) is 0 Å². The lowest BCUT2D eigenvalue weighted by Crippen LogP contribution is -2.05. The van der Waals surface area contributed by atoms with Gasteiger partial charge in [0.05, 0.1) is 12.2 Å². The molecule has 0 bridgehead atoms. The van der Waals surface area contributed by atoms with Crippen molar-refractivity contribution in [3.63, 3.8) is 0 Å². The fourth-order valence-corrected chi connectivity index (χ4v) is 1.43. The van der Waals surface area contributed by atoms with Crippen LogP contribution in [0.3, 0.4) is 0 Å². The molecule has 1 atom stereocenters. The van der Waals surface area contributed by atoms with Gasteiger partial charge in [0.2, 0.25) is 0 Å². The van der Waals surface area contributed by atoms with Crippen molar-refractivity contribution in [2.75, 3.05) is 0 Å². The second kappa shape index (κ2) is 6.19. The SMILES string of the molecule is C#CCCC(O)c1ccc(OC(C)C)cc1. The van der Waals surface area contributed by atoms with E-state index in [4.69, 9.17) is 11.2 Å². The lowest BCUT2D eigenvalue weighted by atomic mass is 10.1. The maximum Gasteiger partial charge on any atom is 0.119 e. The summed E-state index contributed by atoms with van der Waals surface area (Å²) in [5, 5.41) is 9.79. The van der Waals surface area contributed by atoms with Crippen molar-refractivity contribution in [3.8, 4) is 18.1 Å². The van der Waals surface area contributed by atoms with E-state index in [2.05, 4.69) is 5.92 Å². The number of terminal acetylenes is 1. The zero-order valence-electron chi connectivity index (χ0n) is 9.81. The van der Waals surface area contributed by atoms with E-state index in [-0.39, 0.29) is 6.10 Å². The van der Waals surface area contributed by atoms with Crippen LogP contribution in [-0.4, -0.2) is 11.2 Å². The topological polar surface area (TPSA) is 29.5 Å². The van der Waals surface area contributed by atoms with Crippen LogP contribution in [0.15, 0.2) is 24.3 Å². The third-order valence-electron chi connectivity index (χ3n) is 2.20. The Morgan fingerprint density at radius 2 is 1.94 bits per heavy atom. The highest BCUT2D eigenvalue weighted by molar-refractivity contribution is 5.28. The average Bonchev–Trinajstić information content (AvgIpc) is 2.26. The summed E-state index contributed by atoms with van der Waals surface area (Å²) in [4.78, 5) is 0. The number of aliphatic hydroxyl groups is 1. The third kappa shape index (κ3) is 3.96. The molecular weight excluding hydrogens is 200 g/mol. The highest BCUT2D eigenvalue weighted by Crippen LogP contribution is 2.21. The molecule has 0 aliphatic carbocycles. The Morgan fingerprint density at radius 3 is 2.44 bits per heavy atom. The van der Waals surface area contributed by atoms with E-state index in [0.717, 1.165) is 11.3 Å². The fourth-order valence-electron chi connectivity index (χ4n) is 1.43. The van der Waals surface area contributed by atoms with Crippen molar-refractivity contribution >= 4 is 0 Å². The van der Waals surface area contributed by atoms with Gasteiger partial charge in [-0.3, -0.25) is 0 Å². The molecule has 1 N–H and O–H groups in total. The first kappa shape index (κ1) is 12.6. The van der Waals surface area contributed by atoms with Crippen LogP contribution in [0, 0.1) is 12.3 Å². The Hall–Kier alpha value is -1.46. The van der Waals surface area contributed by atoms with Gasteiger partial charge in [0.1, 0.15) is 5.75 Å². The molecule has 1 rings (SSSR count). The number of aliphatic hydroxyl groups excluding tert-OH is 1. The normalized spacial score (nSPS) is 12.2. The van der Waals surface area contributed by atoms with Crippen molar-refractivity contribution in [2.24, 2.45) is 0 Å². The van der Waals surface area contributed by atoms with Gasteiger partial charge in [0, 0.05) is 6.42 Å². The second-order valence-corrected chi connectivity index (χ2v) is 3.99. The highest BCUT2D eigenvalue weighted by atomic mass is 16.5. The Kier molecular flexibility index (Phi) is 4.88. The molecule has 0 saturated heterocycles. The quantitative estimate of drug-likeness (QED) is 0.770. The van der Waals surface area contributed by atoms with Crippen LogP contribution in [0.5, 0.6) is 5.75 Å². The summed E-state index contributed by atoms with van der Waals surface area (Å²) in [5.74, 6) is 3.34. The molecule has 16 heavy (non-hydrogen) atoms. The Labute approximate surface area is 97.3 Å². The summed E-state index contributed by atoms with van der Waals surface area (Å²) >= 11 is 0. The van der Waals surface area contributed by atoms with Crippen LogP contribution in [0.25, 0.3) is 0 Å². The number of hydrogen-bond acceptors (Lipinski definition) is 2. The van der Waals surface area contributed by atoms with Crippen LogP contribution in [0.4, 0.5) is 0 Å². The molecule has 0 aliphatic heterocycles. The number of hydrogen-bond donors (Lipinski definition) is 1. The summed E-state index contributed by atoms with van der Waals surface area (Å²) in [6.45, 7) is 3.96. The summed E-state index contributed by atoms with van der Waals surface area (Å²) < 4.78 is 5.52. The first-order valence-corrected chi connectivity index (χ1v) is 5.51. The lowest BCUT2D eigenvalue weighted by molar-refractivity contribution is 0.169. The van der Waals surface area contributed by atoms with Crippen LogP contribution >= 0.6 is 0 Å². The van der Waals surface area contributed by atoms with E-state index in [0.29, 0.717) is 12.8 Å². The fraction of sp³-hybridized carbons (Fsp3) is 0.429.